The molecule has 0 fully saturated rings. The number of aliphatic hydroxyl groups is 1. The van der Waals surface area contributed by atoms with E-state index in [4.69, 9.17) is 4.74 Å². The van der Waals surface area contributed by atoms with Gasteiger partial charge in [-0.05, 0) is 76.1 Å². The summed E-state index contributed by atoms with van der Waals surface area (Å²) in [7, 11) is 0. The molecule has 0 saturated carbocycles. The van der Waals surface area contributed by atoms with E-state index in [1.807, 2.05) is 49.4 Å². The van der Waals surface area contributed by atoms with E-state index in [0.29, 0.717) is 15.6 Å². The maximum absolute atomic E-state index is 12.7. The van der Waals surface area contributed by atoms with Crippen LogP contribution in [-0.4, -0.2) is 27.3 Å². The van der Waals surface area contributed by atoms with Crippen LogP contribution in [0.1, 0.15) is 35.0 Å². The number of aliphatic hydroxyl groups excluding tert-OH is 1. The first-order valence-corrected chi connectivity index (χ1v) is 12.0. The molecule has 34 heavy (non-hydrogen) atoms. The molecule has 174 valence electrons. The zero-order valence-electron chi connectivity index (χ0n) is 20.0. The molecule has 0 amide bonds. The van der Waals surface area contributed by atoms with Crippen molar-refractivity contribution in [2.75, 3.05) is 6.61 Å². The van der Waals surface area contributed by atoms with Gasteiger partial charge in [0.25, 0.3) is 0 Å². The summed E-state index contributed by atoms with van der Waals surface area (Å²) in [4.78, 5) is 17.9. The van der Waals surface area contributed by atoms with Crippen molar-refractivity contribution in [2.45, 2.75) is 34.6 Å². The predicted molar refractivity (Wildman–Crippen MR) is 140 cm³/mol. The number of carbonyl (C=O) groups is 1. The van der Waals surface area contributed by atoms with Gasteiger partial charge in [-0.15, -0.1) is 0 Å². The molecule has 1 aliphatic rings. The van der Waals surface area contributed by atoms with Gasteiger partial charge in [-0.3, -0.25) is 0 Å². The summed E-state index contributed by atoms with van der Waals surface area (Å²) < 4.78 is 7.42. The van der Waals surface area contributed by atoms with Crippen molar-refractivity contribution in [1.29, 1.82) is 0 Å². The molecule has 0 atom stereocenters. The van der Waals surface area contributed by atoms with Gasteiger partial charge in [-0.25, -0.2) is 9.79 Å². The predicted octanol–water partition coefficient (Wildman–Crippen LogP) is 6.90. The van der Waals surface area contributed by atoms with E-state index in [2.05, 4.69) is 48.5 Å². The zero-order valence-corrected chi connectivity index (χ0v) is 20.9. The number of esters is 1. The molecule has 0 radical (unpaired) electrons. The molecule has 2 heterocycles. The van der Waals surface area contributed by atoms with Gasteiger partial charge in [-0.2, -0.15) is 0 Å². The van der Waals surface area contributed by atoms with Crippen LogP contribution in [0, 0.1) is 27.7 Å². The summed E-state index contributed by atoms with van der Waals surface area (Å²) in [6.07, 6.45) is 1.91. The Labute approximate surface area is 204 Å². The molecule has 2 aromatic carbocycles. The van der Waals surface area contributed by atoms with Gasteiger partial charge < -0.3 is 14.4 Å². The Morgan fingerprint density at radius 3 is 2.47 bits per heavy atom. The third-order valence-electron chi connectivity index (χ3n) is 5.75. The molecular weight excluding hydrogens is 444 g/mol. The molecule has 1 aliphatic heterocycles. The second-order valence-electron chi connectivity index (χ2n) is 8.26. The maximum Gasteiger partial charge on any atom is 0.344 e. The Balaban J connectivity index is 1.78. The molecule has 0 unspecified atom stereocenters. The summed E-state index contributed by atoms with van der Waals surface area (Å²) in [5.41, 5.74) is 7.34. The first-order chi connectivity index (χ1) is 16.3. The fraction of sp³-hybridized carbons (Fsp3) is 0.214. The largest absolute Gasteiger partial charge is 0.506 e. The molecular formula is C28H28N2O3S. The summed E-state index contributed by atoms with van der Waals surface area (Å²) >= 11 is 1.27. The number of aliphatic imine (C=N–C) groups is 1. The topological polar surface area (TPSA) is 63.8 Å². The minimum atomic E-state index is -0.577. The normalized spacial score (nSPS) is 16.0. The third-order valence-corrected chi connectivity index (χ3v) is 6.77. The van der Waals surface area contributed by atoms with Gasteiger partial charge in [0.2, 0.25) is 0 Å². The summed E-state index contributed by atoms with van der Waals surface area (Å²) in [5, 5.41) is 11.5. The van der Waals surface area contributed by atoms with Crippen LogP contribution in [0.4, 0.5) is 5.69 Å². The van der Waals surface area contributed by atoms with Gasteiger partial charge in [0.15, 0.2) is 0 Å². The van der Waals surface area contributed by atoms with E-state index >= 15 is 0 Å². The fourth-order valence-electron chi connectivity index (χ4n) is 3.99. The number of aromatic nitrogens is 1. The van der Waals surface area contributed by atoms with Gasteiger partial charge in [-0.1, -0.05) is 47.7 Å². The van der Waals surface area contributed by atoms with Gasteiger partial charge in [0, 0.05) is 17.1 Å². The Bertz CT molecular complexity index is 1340. The lowest BCUT2D eigenvalue weighted by Crippen LogP contribution is -2.12. The summed E-state index contributed by atoms with van der Waals surface area (Å²) in [6, 6.07) is 18.0. The Kier molecular flexibility index (Phi) is 6.80. The SMILES string of the molecule is CCOC(=O)C1=C(O)/C(=C/c2cc(C)n(-c3ccccc3C)c2C)SC1=Nc1ccc(C)cc1. The lowest BCUT2D eigenvalue weighted by molar-refractivity contribution is -0.138. The van der Waals surface area contributed by atoms with Gasteiger partial charge in [0.05, 0.1) is 17.2 Å². The number of hydrogen-bond acceptors (Lipinski definition) is 5. The van der Waals surface area contributed by atoms with Crippen molar-refractivity contribution in [2.24, 2.45) is 4.99 Å². The van der Waals surface area contributed by atoms with E-state index in [-0.39, 0.29) is 17.9 Å². The summed E-state index contributed by atoms with van der Waals surface area (Å²) in [6.45, 7) is 10.2. The van der Waals surface area contributed by atoms with E-state index in [1.165, 1.54) is 17.3 Å². The van der Waals surface area contributed by atoms with E-state index in [9.17, 15) is 9.90 Å². The molecule has 0 aliphatic carbocycles. The minimum absolute atomic E-state index is 0.102. The number of thioether (sulfide) groups is 1. The second kappa shape index (κ2) is 9.77. The van der Waals surface area contributed by atoms with Crippen LogP contribution in [0.15, 0.2) is 75.8 Å². The van der Waals surface area contributed by atoms with Crippen molar-refractivity contribution in [1.82, 2.24) is 4.57 Å². The molecule has 4 rings (SSSR count). The van der Waals surface area contributed by atoms with Crippen LogP contribution in [0.3, 0.4) is 0 Å². The molecule has 6 heteroatoms. The minimum Gasteiger partial charge on any atom is -0.506 e. The first-order valence-electron chi connectivity index (χ1n) is 11.2. The van der Waals surface area contributed by atoms with Crippen LogP contribution in [0.5, 0.6) is 0 Å². The molecule has 3 aromatic rings. The van der Waals surface area contributed by atoms with Crippen molar-refractivity contribution < 1.29 is 14.6 Å². The highest BCUT2D eigenvalue weighted by atomic mass is 32.2. The molecule has 0 bridgehead atoms. The average Bonchev–Trinajstić information content (AvgIpc) is 3.25. The monoisotopic (exact) mass is 472 g/mol. The zero-order chi connectivity index (χ0) is 24.4. The van der Waals surface area contributed by atoms with Crippen molar-refractivity contribution >= 4 is 34.5 Å². The number of ether oxygens (including phenoxy) is 1. The number of rotatable bonds is 5. The average molecular weight is 473 g/mol. The number of benzene rings is 2. The first kappa shape index (κ1) is 23.6. The number of aryl methyl sites for hydroxylation is 3. The Morgan fingerprint density at radius 2 is 1.79 bits per heavy atom. The second-order valence-corrected chi connectivity index (χ2v) is 9.29. The van der Waals surface area contributed by atoms with E-state index in [1.54, 1.807) is 6.92 Å². The molecule has 0 spiro atoms. The van der Waals surface area contributed by atoms with Crippen molar-refractivity contribution in [3.05, 3.63) is 98.9 Å². The lowest BCUT2D eigenvalue weighted by Gasteiger charge is -2.12. The maximum atomic E-state index is 12.7. The van der Waals surface area contributed by atoms with Crippen molar-refractivity contribution in [3.8, 4) is 5.69 Å². The number of carbonyl (C=O) groups excluding carboxylic acids is 1. The Morgan fingerprint density at radius 1 is 1.09 bits per heavy atom. The highest BCUT2D eigenvalue weighted by Crippen LogP contribution is 2.41. The number of nitrogens with zero attached hydrogens (tertiary/aromatic N) is 2. The van der Waals surface area contributed by atoms with Gasteiger partial charge >= 0.3 is 5.97 Å². The quantitative estimate of drug-likeness (QED) is 0.410. The van der Waals surface area contributed by atoms with Crippen LogP contribution < -0.4 is 0 Å². The van der Waals surface area contributed by atoms with Crippen LogP contribution in [0.25, 0.3) is 11.8 Å². The molecule has 5 nitrogen and oxygen atoms in total. The smallest absolute Gasteiger partial charge is 0.344 e. The van der Waals surface area contributed by atoms with Crippen LogP contribution in [-0.2, 0) is 9.53 Å². The summed E-state index contributed by atoms with van der Waals surface area (Å²) in [5.74, 6) is -0.679. The van der Waals surface area contributed by atoms with E-state index < -0.39 is 5.97 Å². The fourth-order valence-corrected chi connectivity index (χ4v) is 5.01. The van der Waals surface area contributed by atoms with E-state index in [0.717, 1.165) is 28.2 Å². The number of hydrogen-bond donors (Lipinski definition) is 1. The third kappa shape index (κ3) is 4.59. The Hall–Kier alpha value is -3.51. The highest BCUT2D eigenvalue weighted by molar-refractivity contribution is 8.18. The van der Waals surface area contributed by atoms with Crippen LogP contribution >= 0.6 is 11.8 Å². The molecule has 1 aromatic heterocycles. The standard InChI is InChI=1S/C28H28N2O3S/c1-6-33-28(32)25-26(31)24(34-27(25)29-22-13-11-17(2)12-14-22)16-21-15-19(4)30(20(21)5)23-10-8-7-9-18(23)3/h7-16,31H,6H2,1-5H3/b24-16-,29-27?. The molecule has 1 N–H and O–H groups in total. The van der Waals surface area contributed by atoms with Gasteiger partial charge in [0.1, 0.15) is 16.4 Å². The highest BCUT2D eigenvalue weighted by Gasteiger charge is 2.33. The molecule has 0 saturated heterocycles. The van der Waals surface area contributed by atoms with Crippen molar-refractivity contribution in [3.63, 3.8) is 0 Å². The number of para-hydroxylation sites is 1. The van der Waals surface area contributed by atoms with Crippen LogP contribution in [0.2, 0.25) is 0 Å². The lowest BCUT2D eigenvalue weighted by atomic mass is 10.1.